The zero-order chi connectivity index (χ0) is 33.4. The number of likely N-dealkylation sites (tertiary alicyclic amines) is 1. The summed E-state index contributed by atoms with van der Waals surface area (Å²) < 4.78 is 25.4. The molecule has 0 bridgehead atoms. The molecule has 2 aliphatic carbocycles. The first-order valence-corrected chi connectivity index (χ1v) is 15.5. The molecule has 2 heterocycles. The lowest BCUT2D eigenvalue weighted by atomic mass is 9.49. The van der Waals surface area contributed by atoms with E-state index in [0.29, 0.717) is 27.4 Å². The van der Waals surface area contributed by atoms with E-state index in [0.717, 1.165) is 9.91 Å². The van der Waals surface area contributed by atoms with Crippen LogP contribution in [0.4, 0.5) is 10.1 Å². The van der Waals surface area contributed by atoms with E-state index >= 15 is 4.79 Å². The van der Waals surface area contributed by atoms with Crippen molar-refractivity contribution in [1.82, 2.24) is 9.91 Å². The van der Waals surface area contributed by atoms with Crippen molar-refractivity contribution in [3.8, 4) is 17.2 Å². The van der Waals surface area contributed by atoms with Gasteiger partial charge in [0, 0.05) is 35.7 Å². The fraction of sp³-hybridized carbons (Fsp3) is 0.314. The van der Waals surface area contributed by atoms with E-state index < -0.39 is 52.6 Å². The van der Waals surface area contributed by atoms with Gasteiger partial charge in [-0.05, 0) is 60.7 Å². The molecule has 4 aliphatic rings. The summed E-state index contributed by atoms with van der Waals surface area (Å²) in [5, 5.41) is 12.0. The molecule has 10 nitrogen and oxygen atoms in total. The third kappa shape index (κ3) is 4.36. The second-order valence-corrected chi connectivity index (χ2v) is 12.8. The molecule has 7 rings (SSSR count). The van der Waals surface area contributed by atoms with Crippen molar-refractivity contribution in [2.45, 2.75) is 24.2 Å². The van der Waals surface area contributed by atoms with Crippen LogP contribution in [0.3, 0.4) is 0 Å². The van der Waals surface area contributed by atoms with E-state index in [1.807, 2.05) is 6.08 Å². The van der Waals surface area contributed by atoms with Gasteiger partial charge in [0.05, 0.1) is 43.1 Å². The number of hydrogen-bond acceptors (Lipinski definition) is 8. The molecule has 2 aliphatic heterocycles. The minimum Gasteiger partial charge on any atom is -0.508 e. The second-order valence-electron chi connectivity index (χ2n) is 12.4. The number of hydrazine groups is 1. The number of amides is 4. The molecular weight excluding hydrogens is 629 g/mol. The zero-order valence-electron chi connectivity index (χ0n) is 25.7. The molecule has 12 heteroatoms. The number of imide groups is 2. The van der Waals surface area contributed by atoms with Crippen LogP contribution in [0.5, 0.6) is 17.2 Å². The van der Waals surface area contributed by atoms with Crippen LogP contribution in [0.2, 0.25) is 5.02 Å². The van der Waals surface area contributed by atoms with E-state index in [1.165, 1.54) is 57.7 Å². The normalized spacial score (nSPS) is 28.1. The highest BCUT2D eigenvalue weighted by molar-refractivity contribution is 6.30. The van der Waals surface area contributed by atoms with Crippen LogP contribution < -0.4 is 14.9 Å². The fourth-order valence-electron chi connectivity index (χ4n) is 8.34. The predicted octanol–water partition coefficient (Wildman–Crippen LogP) is 4.82. The molecule has 47 heavy (non-hydrogen) atoms. The summed E-state index contributed by atoms with van der Waals surface area (Å²) in [5.41, 5.74) is 3.18. The van der Waals surface area contributed by atoms with Crippen molar-refractivity contribution in [1.29, 1.82) is 0 Å². The maximum atomic E-state index is 15.2. The molecule has 2 saturated heterocycles. The van der Waals surface area contributed by atoms with Crippen molar-refractivity contribution >= 4 is 40.9 Å². The number of carbonyl (C=O) groups excluding carboxylic acids is 4. The summed E-state index contributed by atoms with van der Waals surface area (Å²) in [6.07, 6.45) is 2.26. The molecule has 4 amide bonds. The first-order chi connectivity index (χ1) is 22.5. The molecule has 3 fully saturated rings. The molecule has 0 unspecified atom stereocenters. The number of rotatable bonds is 6. The number of phenols is 1. The SMILES string of the molecule is COc1cc(O)cc(OC)c1[C@H]1C2=CC[C@@H]3C(=O)N(C)C(=O)[C@@H]3[C@@H]2C[C@H]2C(=O)N(Nc3ccc(F)cc3)C(=O)[C@@]12c1ccc(Cl)cc1. The number of anilines is 1. The van der Waals surface area contributed by atoms with Gasteiger partial charge in [0.15, 0.2) is 0 Å². The number of benzene rings is 3. The van der Waals surface area contributed by atoms with Crippen LogP contribution in [-0.4, -0.2) is 59.9 Å². The zero-order valence-corrected chi connectivity index (χ0v) is 26.5. The van der Waals surface area contributed by atoms with E-state index in [4.69, 9.17) is 21.1 Å². The molecule has 0 radical (unpaired) electrons. The number of fused-ring (bicyclic) bond motifs is 4. The van der Waals surface area contributed by atoms with Gasteiger partial charge in [-0.1, -0.05) is 35.4 Å². The Balaban J connectivity index is 1.53. The summed E-state index contributed by atoms with van der Waals surface area (Å²) in [6, 6.07) is 14.8. The molecule has 3 aromatic rings. The lowest BCUT2D eigenvalue weighted by Gasteiger charge is -2.51. The maximum Gasteiger partial charge on any atom is 0.260 e. The highest BCUT2D eigenvalue weighted by Gasteiger charge is 2.71. The van der Waals surface area contributed by atoms with E-state index in [9.17, 15) is 23.9 Å². The number of nitrogens with zero attached hydrogens (tertiary/aromatic N) is 2. The van der Waals surface area contributed by atoms with Gasteiger partial charge in [0.2, 0.25) is 11.8 Å². The Hall–Kier alpha value is -4.90. The van der Waals surface area contributed by atoms with Gasteiger partial charge in [-0.3, -0.25) is 29.5 Å². The third-order valence-corrected chi connectivity index (χ3v) is 10.5. The van der Waals surface area contributed by atoms with E-state index in [1.54, 1.807) is 24.3 Å². The number of aromatic hydroxyl groups is 1. The van der Waals surface area contributed by atoms with Crippen LogP contribution in [0.25, 0.3) is 0 Å². The van der Waals surface area contributed by atoms with Gasteiger partial charge >= 0.3 is 0 Å². The van der Waals surface area contributed by atoms with Crippen LogP contribution >= 0.6 is 11.6 Å². The number of halogens is 2. The van der Waals surface area contributed by atoms with E-state index in [-0.39, 0.29) is 41.9 Å². The summed E-state index contributed by atoms with van der Waals surface area (Å²) in [6.45, 7) is 0. The number of nitrogens with one attached hydrogen (secondary N) is 1. The summed E-state index contributed by atoms with van der Waals surface area (Å²) in [7, 11) is 4.31. The number of phenolic OH excluding ortho intramolecular Hbond substituents is 1. The summed E-state index contributed by atoms with van der Waals surface area (Å²) >= 11 is 6.33. The Morgan fingerprint density at radius 1 is 0.915 bits per heavy atom. The smallest absolute Gasteiger partial charge is 0.260 e. The number of methoxy groups -OCH3 is 2. The van der Waals surface area contributed by atoms with Gasteiger partial charge in [-0.2, -0.15) is 5.01 Å². The highest BCUT2D eigenvalue weighted by atomic mass is 35.5. The van der Waals surface area contributed by atoms with Crippen molar-refractivity contribution in [3.63, 3.8) is 0 Å². The minimum atomic E-state index is -1.63. The molecule has 242 valence electrons. The lowest BCUT2D eigenvalue weighted by molar-refractivity contribution is -0.140. The first kappa shape index (κ1) is 30.7. The minimum absolute atomic E-state index is 0.0911. The monoisotopic (exact) mass is 659 g/mol. The Morgan fingerprint density at radius 2 is 1.55 bits per heavy atom. The van der Waals surface area contributed by atoms with Gasteiger partial charge in [-0.15, -0.1) is 0 Å². The Morgan fingerprint density at radius 3 is 2.17 bits per heavy atom. The predicted molar refractivity (Wildman–Crippen MR) is 168 cm³/mol. The van der Waals surface area contributed by atoms with Crippen LogP contribution in [0.1, 0.15) is 29.9 Å². The quantitative estimate of drug-likeness (QED) is 0.285. The molecule has 6 atom stereocenters. The maximum absolute atomic E-state index is 15.2. The average molecular weight is 660 g/mol. The van der Waals surface area contributed by atoms with Gasteiger partial charge in [-0.25, -0.2) is 4.39 Å². The van der Waals surface area contributed by atoms with E-state index in [2.05, 4.69) is 5.43 Å². The summed E-state index contributed by atoms with van der Waals surface area (Å²) in [4.78, 5) is 57.8. The standard InChI is InChI=1S/C35H31ClFN3O7/c1-39-31(42)23-13-12-22-24(28(23)33(39)44)16-25-32(43)40(38-20-10-8-19(37)9-11-20)34(45)35(25,17-4-6-18(36)7-5-17)30(22)29-26(46-2)14-21(41)15-27(29)47-3/h4-12,14-15,23-25,28,30,38,41H,13,16H2,1-3H3/t23-,24+,25-,28-,30+,35+/m0/s1. The number of allylic oxidation sites excluding steroid dienone is 2. The number of hydrogen-bond donors (Lipinski definition) is 2. The molecule has 0 spiro atoms. The third-order valence-electron chi connectivity index (χ3n) is 10.3. The molecule has 2 N–H and O–H groups in total. The van der Waals surface area contributed by atoms with Crippen LogP contribution in [0, 0.1) is 29.5 Å². The molecule has 1 saturated carbocycles. The molecule has 0 aromatic heterocycles. The average Bonchev–Trinajstić information content (AvgIpc) is 3.42. The van der Waals surface area contributed by atoms with Crippen molar-refractivity contribution in [2.24, 2.45) is 23.7 Å². The summed E-state index contributed by atoms with van der Waals surface area (Å²) in [5.74, 6) is -5.90. The van der Waals surface area contributed by atoms with Crippen LogP contribution in [0.15, 0.2) is 72.3 Å². The molecular formula is C35H31ClFN3O7. The Bertz CT molecular complexity index is 1840. The Kier molecular flexibility index (Phi) is 7.27. The Labute approximate surface area is 274 Å². The van der Waals surface area contributed by atoms with Gasteiger partial charge < -0.3 is 14.6 Å². The number of carbonyl (C=O) groups is 4. The van der Waals surface area contributed by atoms with Crippen LogP contribution in [-0.2, 0) is 24.6 Å². The lowest BCUT2D eigenvalue weighted by Crippen LogP contribution is -2.53. The fourth-order valence-corrected chi connectivity index (χ4v) is 8.46. The van der Waals surface area contributed by atoms with Crippen molar-refractivity contribution in [3.05, 3.63) is 94.3 Å². The largest absolute Gasteiger partial charge is 0.508 e. The number of ether oxygens (including phenoxy) is 2. The van der Waals surface area contributed by atoms with Crippen molar-refractivity contribution < 1.29 is 38.1 Å². The van der Waals surface area contributed by atoms with Gasteiger partial charge in [0.25, 0.3) is 11.8 Å². The topological polar surface area (TPSA) is 125 Å². The van der Waals surface area contributed by atoms with Crippen molar-refractivity contribution in [2.75, 3.05) is 26.7 Å². The second kappa shape index (κ2) is 11.1. The molecule has 3 aromatic carbocycles. The first-order valence-electron chi connectivity index (χ1n) is 15.2. The van der Waals surface area contributed by atoms with Gasteiger partial charge in [0.1, 0.15) is 23.1 Å². The highest BCUT2D eigenvalue weighted by Crippen LogP contribution is 2.66.